The molecule has 0 unspecified atom stereocenters. The number of para-hydroxylation sites is 1. The molecule has 28 heavy (non-hydrogen) atoms. The molecule has 2 aromatic carbocycles. The Morgan fingerprint density at radius 1 is 1.11 bits per heavy atom. The summed E-state index contributed by atoms with van der Waals surface area (Å²) >= 11 is 0. The van der Waals surface area contributed by atoms with E-state index in [1.807, 2.05) is 23.1 Å². The third-order valence-electron chi connectivity index (χ3n) is 5.04. The molecule has 1 aliphatic carbocycles. The van der Waals surface area contributed by atoms with Crippen molar-refractivity contribution in [1.82, 2.24) is 0 Å². The molecule has 1 heterocycles. The van der Waals surface area contributed by atoms with Gasteiger partial charge in [-0.05, 0) is 55.5 Å². The Labute approximate surface area is 163 Å². The molecule has 0 saturated heterocycles. The Kier molecular flexibility index (Phi) is 4.86. The maximum absolute atomic E-state index is 12.7. The predicted octanol–water partition coefficient (Wildman–Crippen LogP) is 3.55. The van der Waals surface area contributed by atoms with Gasteiger partial charge in [-0.3, -0.25) is 14.4 Å². The lowest BCUT2D eigenvalue weighted by Crippen LogP contribution is -2.36. The average molecular weight is 378 g/mol. The molecule has 6 nitrogen and oxygen atoms in total. The number of rotatable bonds is 4. The second-order valence-electron chi connectivity index (χ2n) is 7.26. The van der Waals surface area contributed by atoms with Gasteiger partial charge in [0.2, 0.25) is 5.91 Å². The summed E-state index contributed by atoms with van der Waals surface area (Å²) in [6.07, 6.45) is 3.81. The largest absolute Gasteiger partial charge is 0.426 e. The number of hydrogen-bond acceptors (Lipinski definition) is 4. The van der Waals surface area contributed by atoms with Crippen LogP contribution in [-0.2, 0) is 16.0 Å². The fourth-order valence-corrected chi connectivity index (χ4v) is 3.53. The summed E-state index contributed by atoms with van der Waals surface area (Å²) in [6.45, 7) is 2.01. The van der Waals surface area contributed by atoms with E-state index in [1.165, 1.54) is 6.92 Å². The molecule has 0 bridgehead atoms. The van der Waals surface area contributed by atoms with Crippen LogP contribution in [-0.4, -0.2) is 24.3 Å². The number of carbonyl (C=O) groups excluding carboxylic acids is 3. The molecule has 2 aliphatic rings. The van der Waals surface area contributed by atoms with Crippen LogP contribution in [0.15, 0.2) is 42.5 Å². The van der Waals surface area contributed by atoms with E-state index in [9.17, 15) is 14.4 Å². The summed E-state index contributed by atoms with van der Waals surface area (Å²) in [5.41, 5.74) is 2.89. The van der Waals surface area contributed by atoms with Gasteiger partial charge in [-0.15, -0.1) is 0 Å². The molecule has 1 saturated carbocycles. The molecule has 0 spiro atoms. The van der Waals surface area contributed by atoms with E-state index in [4.69, 9.17) is 4.74 Å². The quantitative estimate of drug-likeness (QED) is 0.652. The Hall–Kier alpha value is -3.15. The number of carbonyl (C=O) groups is 3. The van der Waals surface area contributed by atoms with Crippen molar-refractivity contribution < 1.29 is 19.1 Å². The Morgan fingerprint density at radius 3 is 2.64 bits per heavy atom. The van der Waals surface area contributed by atoms with E-state index < -0.39 is 5.97 Å². The smallest absolute Gasteiger partial charge is 0.308 e. The summed E-state index contributed by atoms with van der Waals surface area (Å²) < 4.78 is 5.12. The topological polar surface area (TPSA) is 75.7 Å². The molecule has 2 amide bonds. The van der Waals surface area contributed by atoms with Gasteiger partial charge in [0.15, 0.2) is 0 Å². The highest BCUT2D eigenvalue weighted by molar-refractivity contribution is 6.07. The van der Waals surface area contributed by atoms with Gasteiger partial charge < -0.3 is 15.0 Å². The lowest BCUT2D eigenvalue weighted by Gasteiger charge is -2.30. The van der Waals surface area contributed by atoms with E-state index in [0.717, 1.165) is 43.5 Å². The Balaban J connectivity index is 1.58. The zero-order chi connectivity index (χ0) is 19.7. The fraction of sp³-hybridized carbons (Fsp3) is 0.318. The average Bonchev–Trinajstić information content (AvgIpc) is 3.52. The number of anilines is 2. The van der Waals surface area contributed by atoms with Crippen LogP contribution in [0.5, 0.6) is 5.75 Å². The molecule has 4 rings (SSSR count). The van der Waals surface area contributed by atoms with Gasteiger partial charge >= 0.3 is 5.97 Å². The summed E-state index contributed by atoms with van der Waals surface area (Å²) in [7, 11) is 0. The lowest BCUT2D eigenvalue weighted by atomic mass is 10.0. The van der Waals surface area contributed by atoms with Gasteiger partial charge in [-0.25, -0.2) is 0 Å². The molecule has 1 N–H and O–H groups in total. The normalized spacial score (nSPS) is 15.5. The number of fused-ring (bicyclic) bond motifs is 1. The second-order valence-corrected chi connectivity index (χ2v) is 7.26. The highest BCUT2D eigenvalue weighted by Crippen LogP contribution is 2.37. The van der Waals surface area contributed by atoms with Crippen molar-refractivity contribution in [2.24, 2.45) is 5.92 Å². The van der Waals surface area contributed by atoms with Crippen LogP contribution < -0.4 is 15.0 Å². The first-order chi connectivity index (χ1) is 13.5. The molecular formula is C22H22N2O4. The molecule has 1 fully saturated rings. The third-order valence-corrected chi connectivity index (χ3v) is 5.04. The van der Waals surface area contributed by atoms with Gasteiger partial charge in [0.25, 0.3) is 5.91 Å². The SMILES string of the molecule is CC(=O)Oc1ccccc1C(=O)Nc1ccc2c(c1)N(C(=O)C1CC1)CCC2. The van der Waals surface area contributed by atoms with Crippen LogP contribution >= 0.6 is 0 Å². The van der Waals surface area contributed by atoms with Crippen LogP contribution in [0.2, 0.25) is 0 Å². The van der Waals surface area contributed by atoms with Crippen LogP contribution in [0.4, 0.5) is 11.4 Å². The summed E-state index contributed by atoms with van der Waals surface area (Å²) in [4.78, 5) is 38.5. The van der Waals surface area contributed by atoms with Crippen molar-refractivity contribution in [3.8, 4) is 5.75 Å². The van der Waals surface area contributed by atoms with E-state index in [-0.39, 0.29) is 29.0 Å². The van der Waals surface area contributed by atoms with E-state index in [2.05, 4.69) is 5.32 Å². The molecule has 2 aromatic rings. The van der Waals surface area contributed by atoms with E-state index in [1.54, 1.807) is 24.3 Å². The number of ether oxygens (including phenoxy) is 1. The molecule has 144 valence electrons. The number of esters is 1. The minimum absolute atomic E-state index is 0.153. The minimum atomic E-state index is -0.483. The van der Waals surface area contributed by atoms with Crippen LogP contribution in [0.3, 0.4) is 0 Å². The standard InChI is InChI=1S/C22H22N2O4/c1-14(25)28-20-7-3-2-6-18(20)21(26)23-17-11-10-15-5-4-12-24(19(15)13-17)22(27)16-8-9-16/h2-3,6-7,10-11,13,16H,4-5,8-9,12H2,1H3,(H,23,26). The van der Waals surface area contributed by atoms with Gasteiger partial charge in [-0.2, -0.15) is 0 Å². The highest BCUT2D eigenvalue weighted by atomic mass is 16.5. The van der Waals surface area contributed by atoms with Crippen molar-refractivity contribution >= 4 is 29.2 Å². The monoisotopic (exact) mass is 378 g/mol. The van der Waals surface area contributed by atoms with Crippen molar-refractivity contribution in [1.29, 1.82) is 0 Å². The number of nitrogens with zero attached hydrogens (tertiary/aromatic N) is 1. The first kappa shape index (κ1) is 18.2. The first-order valence-electron chi connectivity index (χ1n) is 9.56. The van der Waals surface area contributed by atoms with Crippen LogP contribution in [0, 0.1) is 5.92 Å². The molecule has 0 atom stereocenters. The highest BCUT2D eigenvalue weighted by Gasteiger charge is 2.35. The lowest BCUT2D eigenvalue weighted by molar-refractivity contribution is -0.131. The fourth-order valence-electron chi connectivity index (χ4n) is 3.53. The predicted molar refractivity (Wildman–Crippen MR) is 106 cm³/mol. The van der Waals surface area contributed by atoms with Gasteiger partial charge in [0.1, 0.15) is 5.75 Å². The second kappa shape index (κ2) is 7.46. The van der Waals surface area contributed by atoms with Crippen molar-refractivity contribution in [2.45, 2.75) is 32.6 Å². The maximum atomic E-state index is 12.7. The number of aryl methyl sites for hydroxylation is 1. The summed E-state index contributed by atoms with van der Waals surface area (Å²) in [5, 5.41) is 2.86. The minimum Gasteiger partial charge on any atom is -0.426 e. The van der Waals surface area contributed by atoms with Gasteiger partial charge in [0.05, 0.1) is 5.56 Å². The number of hydrogen-bond donors (Lipinski definition) is 1. The number of amides is 2. The Morgan fingerprint density at radius 2 is 1.89 bits per heavy atom. The zero-order valence-corrected chi connectivity index (χ0v) is 15.7. The van der Waals surface area contributed by atoms with Crippen LogP contribution in [0.25, 0.3) is 0 Å². The van der Waals surface area contributed by atoms with Crippen molar-refractivity contribution in [3.63, 3.8) is 0 Å². The zero-order valence-electron chi connectivity index (χ0n) is 15.7. The van der Waals surface area contributed by atoms with E-state index in [0.29, 0.717) is 5.69 Å². The number of nitrogens with one attached hydrogen (secondary N) is 1. The van der Waals surface area contributed by atoms with Gasteiger partial charge in [-0.1, -0.05) is 18.2 Å². The van der Waals surface area contributed by atoms with Crippen LogP contribution in [0.1, 0.15) is 42.1 Å². The first-order valence-corrected chi connectivity index (χ1v) is 9.56. The van der Waals surface area contributed by atoms with Crippen molar-refractivity contribution in [2.75, 3.05) is 16.8 Å². The Bertz CT molecular complexity index is 949. The van der Waals surface area contributed by atoms with E-state index >= 15 is 0 Å². The summed E-state index contributed by atoms with van der Waals surface area (Å²) in [5.74, 6) is -0.295. The van der Waals surface area contributed by atoms with Crippen molar-refractivity contribution in [3.05, 3.63) is 53.6 Å². The van der Waals surface area contributed by atoms with Gasteiger partial charge in [0, 0.05) is 30.8 Å². The molecule has 6 heteroatoms. The summed E-state index contributed by atoms with van der Waals surface area (Å²) in [6, 6.07) is 12.3. The molecular weight excluding hydrogens is 356 g/mol. The molecule has 0 aromatic heterocycles. The maximum Gasteiger partial charge on any atom is 0.308 e. The number of benzene rings is 2. The molecule has 0 radical (unpaired) electrons. The third kappa shape index (κ3) is 3.76. The molecule has 1 aliphatic heterocycles.